The van der Waals surface area contributed by atoms with Crippen LogP contribution in [0.1, 0.15) is 17.3 Å². The standard InChI is InChI=1S/C15H12ClF4NOS/c1-23-13-8-21-7-11(16)14(13)12(17)6-9-2-4-10(5-3-9)22-15(18,19)20/h2-5,7-8,12H,6H2,1H3. The van der Waals surface area contributed by atoms with Crippen LogP contribution in [0.15, 0.2) is 41.6 Å². The Morgan fingerprint density at radius 1 is 1.22 bits per heavy atom. The van der Waals surface area contributed by atoms with Gasteiger partial charge in [0, 0.05) is 29.3 Å². The molecule has 0 fully saturated rings. The highest BCUT2D eigenvalue weighted by atomic mass is 35.5. The third-order valence-corrected chi connectivity index (χ3v) is 4.07. The highest BCUT2D eigenvalue weighted by Crippen LogP contribution is 2.35. The number of nitrogens with zero attached hydrogens (tertiary/aromatic N) is 1. The van der Waals surface area contributed by atoms with Crippen molar-refractivity contribution in [2.24, 2.45) is 0 Å². The molecule has 0 aliphatic carbocycles. The van der Waals surface area contributed by atoms with Crippen LogP contribution >= 0.6 is 23.4 Å². The van der Waals surface area contributed by atoms with Crippen LogP contribution in [-0.2, 0) is 6.42 Å². The number of benzene rings is 1. The molecule has 2 rings (SSSR count). The molecule has 0 radical (unpaired) electrons. The zero-order valence-corrected chi connectivity index (χ0v) is 13.5. The molecule has 1 atom stereocenters. The van der Waals surface area contributed by atoms with Crippen molar-refractivity contribution in [3.8, 4) is 5.75 Å². The van der Waals surface area contributed by atoms with Crippen molar-refractivity contribution in [3.05, 3.63) is 52.8 Å². The monoisotopic (exact) mass is 365 g/mol. The van der Waals surface area contributed by atoms with Crippen LogP contribution in [0.3, 0.4) is 0 Å². The quantitative estimate of drug-likeness (QED) is 0.508. The molecule has 0 aliphatic rings. The smallest absolute Gasteiger partial charge is 0.406 e. The second-order valence-electron chi connectivity index (χ2n) is 4.60. The Morgan fingerprint density at radius 2 is 1.87 bits per heavy atom. The molecule has 0 aliphatic heterocycles. The molecule has 0 saturated heterocycles. The molecule has 2 aromatic rings. The van der Waals surface area contributed by atoms with E-state index in [-0.39, 0.29) is 17.2 Å². The zero-order valence-electron chi connectivity index (χ0n) is 11.9. The predicted octanol–water partition coefficient (Wildman–Crippen LogP) is 5.61. The topological polar surface area (TPSA) is 22.1 Å². The van der Waals surface area contributed by atoms with Crippen LogP contribution in [0.4, 0.5) is 17.6 Å². The summed E-state index contributed by atoms with van der Waals surface area (Å²) < 4.78 is 54.6. The fourth-order valence-corrected chi connectivity index (χ4v) is 2.99. The Bertz CT molecular complexity index is 664. The fourth-order valence-electron chi connectivity index (χ4n) is 2.03. The minimum atomic E-state index is -4.75. The van der Waals surface area contributed by atoms with Crippen molar-refractivity contribution in [2.75, 3.05) is 6.26 Å². The summed E-state index contributed by atoms with van der Waals surface area (Å²) in [5.41, 5.74) is 0.872. The van der Waals surface area contributed by atoms with Crippen molar-refractivity contribution in [2.45, 2.75) is 23.9 Å². The number of ether oxygens (including phenoxy) is 1. The summed E-state index contributed by atoms with van der Waals surface area (Å²) in [4.78, 5) is 4.54. The first-order chi connectivity index (χ1) is 10.8. The number of halogens is 5. The molecule has 0 N–H and O–H groups in total. The summed E-state index contributed by atoms with van der Waals surface area (Å²) in [6.07, 6.45) is -1.47. The Hall–Kier alpha value is -1.47. The van der Waals surface area contributed by atoms with Gasteiger partial charge < -0.3 is 4.74 Å². The maximum atomic E-state index is 14.6. The van der Waals surface area contributed by atoms with Gasteiger partial charge in [0.05, 0.1) is 5.02 Å². The molecule has 124 valence electrons. The second-order valence-corrected chi connectivity index (χ2v) is 5.86. The molecule has 1 heterocycles. The van der Waals surface area contributed by atoms with Crippen molar-refractivity contribution in [1.29, 1.82) is 0 Å². The SMILES string of the molecule is CSc1cncc(Cl)c1C(F)Cc1ccc(OC(F)(F)F)cc1. The lowest BCUT2D eigenvalue weighted by atomic mass is 10.0. The van der Waals surface area contributed by atoms with E-state index in [1.54, 1.807) is 6.26 Å². The van der Waals surface area contributed by atoms with Crippen molar-refractivity contribution >= 4 is 23.4 Å². The van der Waals surface area contributed by atoms with Crippen LogP contribution in [0, 0.1) is 0 Å². The maximum absolute atomic E-state index is 14.6. The number of hydrogen-bond donors (Lipinski definition) is 0. The summed E-state index contributed by atoms with van der Waals surface area (Å²) >= 11 is 7.33. The van der Waals surface area contributed by atoms with Gasteiger partial charge in [-0.1, -0.05) is 23.7 Å². The minimum Gasteiger partial charge on any atom is -0.406 e. The lowest BCUT2D eigenvalue weighted by Gasteiger charge is -2.14. The van der Waals surface area contributed by atoms with Crippen LogP contribution in [0.25, 0.3) is 0 Å². The van der Waals surface area contributed by atoms with Gasteiger partial charge >= 0.3 is 6.36 Å². The number of thioether (sulfide) groups is 1. The third-order valence-electron chi connectivity index (χ3n) is 3.01. The van der Waals surface area contributed by atoms with Gasteiger partial charge in [0.2, 0.25) is 0 Å². The van der Waals surface area contributed by atoms with Gasteiger partial charge in [0.25, 0.3) is 0 Å². The highest BCUT2D eigenvalue weighted by molar-refractivity contribution is 7.98. The van der Waals surface area contributed by atoms with E-state index in [1.165, 1.54) is 36.3 Å². The first kappa shape index (κ1) is 17.9. The first-order valence-electron chi connectivity index (χ1n) is 6.46. The van der Waals surface area contributed by atoms with Crippen LogP contribution < -0.4 is 4.74 Å². The number of alkyl halides is 4. The zero-order chi connectivity index (χ0) is 17.0. The Balaban J connectivity index is 2.13. The van der Waals surface area contributed by atoms with E-state index in [2.05, 4.69) is 9.72 Å². The summed E-state index contributed by atoms with van der Waals surface area (Å²) in [7, 11) is 0. The van der Waals surface area contributed by atoms with Crippen molar-refractivity contribution in [1.82, 2.24) is 4.98 Å². The summed E-state index contributed by atoms with van der Waals surface area (Å²) in [6.45, 7) is 0. The Morgan fingerprint density at radius 3 is 2.43 bits per heavy atom. The van der Waals surface area contributed by atoms with Crippen LogP contribution in [0.5, 0.6) is 5.75 Å². The molecule has 0 saturated carbocycles. The molecule has 8 heteroatoms. The molecule has 1 aromatic carbocycles. The largest absolute Gasteiger partial charge is 0.573 e. The molecule has 23 heavy (non-hydrogen) atoms. The van der Waals surface area contributed by atoms with E-state index >= 15 is 0 Å². The summed E-state index contributed by atoms with van der Waals surface area (Å²) in [5, 5.41) is 0.223. The van der Waals surface area contributed by atoms with Crippen LogP contribution in [0.2, 0.25) is 5.02 Å². The van der Waals surface area contributed by atoms with Crippen LogP contribution in [-0.4, -0.2) is 17.6 Å². The van der Waals surface area contributed by atoms with Gasteiger partial charge in [0.1, 0.15) is 11.9 Å². The van der Waals surface area contributed by atoms with Crippen molar-refractivity contribution < 1.29 is 22.3 Å². The van der Waals surface area contributed by atoms with E-state index in [0.717, 1.165) is 12.1 Å². The summed E-state index contributed by atoms with van der Waals surface area (Å²) in [6, 6.07) is 5.08. The molecular weight excluding hydrogens is 354 g/mol. The van der Waals surface area contributed by atoms with E-state index in [4.69, 9.17) is 11.6 Å². The number of aromatic nitrogens is 1. The number of pyridine rings is 1. The fraction of sp³-hybridized carbons (Fsp3) is 0.267. The normalized spacial score (nSPS) is 13.0. The molecule has 0 bridgehead atoms. The number of hydrogen-bond acceptors (Lipinski definition) is 3. The second kappa shape index (κ2) is 7.40. The maximum Gasteiger partial charge on any atom is 0.573 e. The highest BCUT2D eigenvalue weighted by Gasteiger charge is 2.31. The lowest BCUT2D eigenvalue weighted by Crippen LogP contribution is -2.17. The molecule has 0 amide bonds. The van der Waals surface area contributed by atoms with Crippen molar-refractivity contribution in [3.63, 3.8) is 0 Å². The van der Waals surface area contributed by atoms with Gasteiger partial charge in [-0.15, -0.1) is 24.9 Å². The Kier molecular flexibility index (Phi) is 5.75. The van der Waals surface area contributed by atoms with E-state index in [0.29, 0.717) is 16.0 Å². The van der Waals surface area contributed by atoms with E-state index in [1.807, 2.05) is 0 Å². The molecular formula is C15H12ClF4NOS. The minimum absolute atomic E-state index is 0.0103. The first-order valence-corrected chi connectivity index (χ1v) is 8.06. The molecule has 1 unspecified atom stereocenters. The Labute approximate surface area is 139 Å². The number of rotatable bonds is 5. The van der Waals surface area contributed by atoms with Gasteiger partial charge in [-0.05, 0) is 24.0 Å². The predicted molar refractivity (Wildman–Crippen MR) is 81.7 cm³/mol. The van der Waals surface area contributed by atoms with Gasteiger partial charge in [0.15, 0.2) is 0 Å². The molecule has 2 nitrogen and oxygen atoms in total. The summed E-state index contributed by atoms with van der Waals surface area (Å²) in [5.74, 6) is -0.344. The van der Waals surface area contributed by atoms with E-state index < -0.39 is 12.5 Å². The molecule has 1 aromatic heterocycles. The van der Waals surface area contributed by atoms with Gasteiger partial charge in [-0.25, -0.2) is 4.39 Å². The van der Waals surface area contributed by atoms with Gasteiger partial charge in [-0.2, -0.15) is 0 Å². The average Bonchev–Trinajstić information content (AvgIpc) is 2.47. The average molecular weight is 366 g/mol. The van der Waals surface area contributed by atoms with E-state index in [9.17, 15) is 17.6 Å². The van der Waals surface area contributed by atoms with Gasteiger partial charge in [-0.3, -0.25) is 4.98 Å². The lowest BCUT2D eigenvalue weighted by molar-refractivity contribution is -0.274. The third kappa shape index (κ3) is 5.00. The molecule has 0 spiro atoms.